The van der Waals surface area contributed by atoms with E-state index in [1.807, 2.05) is 0 Å². The van der Waals surface area contributed by atoms with Crippen LogP contribution in [0.1, 0.15) is 87.4 Å². The zero-order valence-electron chi connectivity index (χ0n) is 25.4. The van der Waals surface area contributed by atoms with E-state index in [2.05, 4.69) is 155 Å². The number of rotatable bonds is 6. The first-order chi connectivity index (χ1) is 18.5. The zero-order chi connectivity index (χ0) is 28.2. The highest BCUT2D eigenvalue weighted by Crippen LogP contribution is 2.40. The van der Waals surface area contributed by atoms with Crippen molar-refractivity contribution in [3.63, 3.8) is 0 Å². The quantitative estimate of drug-likeness (QED) is 0.204. The summed E-state index contributed by atoms with van der Waals surface area (Å²) in [5, 5.41) is 0. The van der Waals surface area contributed by atoms with Crippen molar-refractivity contribution in [3.8, 4) is 22.5 Å². The Kier molecular flexibility index (Phi) is 7.00. The van der Waals surface area contributed by atoms with E-state index in [4.69, 9.17) is 0 Å². The van der Waals surface area contributed by atoms with E-state index in [-0.39, 0.29) is 0 Å². The lowest BCUT2D eigenvalue weighted by Crippen LogP contribution is -2.28. The highest BCUT2D eigenvalue weighted by Gasteiger charge is 2.24. The standard InChI is InChI=1S/C35H44N4/c1-22(2)27-17-31(23(3)4)35(32(18-27)24(5)6)28-15-29(38-20-36(9)25(7)26(38)8)19-30(16-28)39-21-37(10)33-13-11-12-14-34(33)39/h11-24H,1-10H3/q+2. The van der Waals surface area contributed by atoms with Crippen LogP contribution in [-0.2, 0) is 14.1 Å². The SMILES string of the molecule is Cc1c(C)[n+](C)cn1-c1cc(-c2c(C(C)C)cc(C(C)C)cc2C(C)C)cc(-n2c[n+](C)c3ccccc32)c1. The Balaban J connectivity index is 1.88. The lowest BCUT2D eigenvalue weighted by atomic mass is 9.81. The van der Waals surface area contributed by atoms with Gasteiger partial charge in [0.1, 0.15) is 22.8 Å². The van der Waals surface area contributed by atoms with Gasteiger partial charge in [0.2, 0.25) is 12.7 Å². The zero-order valence-corrected chi connectivity index (χ0v) is 25.4. The van der Waals surface area contributed by atoms with Crippen LogP contribution >= 0.6 is 0 Å². The smallest absolute Gasteiger partial charge is 0.236 e. The number of nitrogens with zero attached hydrogens (tertiary/aromatic N) is 4. The number of hydrogen-bond donors (Lipinski definition) is 0. The van der Waals surface area contributed by atoms with Gasteiger partial charge in [-0.3, -0.25) is 0 Å². The van der Waals surface area contributed by atoms with Crippen LogP contribution in [0.15, 0.2) is 67.3 Å². The molecule has 39 heavy (non-hydrogen) atoms. The molecule has 5 aromatic rings. The predicted octanol–water partition coefficient (Wildman–Crippen LogP) is 7.72. The van der Waals surface area contributed by atoms with Crippen molar-refractivity contribution in [2.45, 2.75) is 73.1 Å². The minimum Gasteiger partial charge on any atom is -0.236 e. The third-order valence-electron chi connectivity index (χ3n) is 8.39. The number of imidazole rings is 2. The molecule has 0 atom stereocenters. The molecule has 0 spiro atoms. The second-order valence-electron chi connectivity index (χ2n) is 12.1. The van der Waals surface area contributed by atoms with Crippen LogP contribution in [0.5, 0.6) is 0 Å². The normalized spacial score (nSPS) is 12.0. The van der Waals surface area contributed by atoms with Gasteiger partial charge in [0.25, 0.3) is 0 Å². The summed E-state index contributed by atoms with van der Waals surface area (Å²) >= 11 is 0. The highest BCUT2D eigenvalue weighted by molar-refractivity contribution is 5.79. The highest BCUT2D eigenvalue weighted by atomic mass is 15.1. The van der Waals surface area contributed by atoms with Gasteiger partial charge in [-0.1, -0.05) is 65.8 Å². The molecule has 0 aliphatic heterocycles. The molecule has 0 amide bonds. The van der Waals surface area contributed by atoms with Gasteiger partial charge in [-0.05, 0) is 69.8 Å². The molecule has 0 N–H and O–H groups in total. The molecule has 0 radical (unpaired) electrons. The van der Waals surface area contributed by atoms with E-state index < -0.39 is 0 Å². The Labute approximate surface area is 234 Å². The Morgan fingerprint density at radius 2 is 1.21 bits per heavy atom. The van der Waals surface area contributed by atoms with Gasteiger partial charge in [0.05, 0.1) is 14.1 Å². The summed E-state index contributed by atoms with van der Waals surface area (Å²) in [5.74, 6) is 1.33. The van der Waals surface area contributed by atoms with Crippen molar-refractivity contribution in [1.29, 1.82) is 0 Å². The molecule has 0 bridgehead atoms. The van der Waals surface area contributed by atoms with Gasteiger partial charge in [-0.15, -0.1) is 0 Å². The molecule has 0 aliphatic carbocycles. The number of fused-ring (bicyclic) bond motifs is 1. The maximum absolute atomic E-state index is 2.46. The van der Waals surface area contributed by atoms with Crippen LogP contribution in [0.2, 0.25) is 0 Å². The van der Waals surface area contributed by atoms with Crippen LogP contribution < -0.4 is 9.13 Å². The number of para-hydroxylation sites is 2. The van der Waals surface area contributed by atoms with E-state index in [9.17, 15) is 0 Å². The van der Waals surface area contributed by atoms with E-state index >= 15 is 0 Å². The van der Waals surface area contributed by atoms with Crippen LogP contribution in [0.4, 0.5) is 0 Å². The van der Waals surface area contributed by atoms with E-state index in [1.54, 1.807) is 0 Å². The predicted molar refractivity (Wildman–Crippen MR) is 162 cm³/mol. The summed E-state index contributed by atoms with van der Waals surface area (Å²) in [5.41, 5.74) is 14.3. The maximum Gasteiger partial charge on any atom is 0.249 e. The third kappa shape index (κ3) is 4.71. The van der Waals surface area contributed by atoms with Gasteiger partial charge in [-0.2, -0.15) is 9.13 Å². The number of aryl methyl sites for hydroxylation is 2. The molecule has 5 rings (SSSR count). The average molecular weight is 521 g/mol. The van der Waals surface area contributed by atoms with Crippen LogP contribution in [0, 0.1) is 13.8 Å². The molecular formula is C35H44N4+2. The minimum absolute atomic E-state index is 0.418. The van der Waals surface area contributed by atoms with E-state index in [1.165, 1.54) is 61.6 Å². The fraction of sp³-hybridized carbons (Fsp3) is 0.371. The summed E-state index contributed by atoms with van der Waals surface area (Å²) in [4.78, 5) is 0. The van der Waals surface area contributed by atoms with Crippen molar-refractivity contribution in [2.24, 2.45) is 14.1 Å². The first kappa shape index (κ1) is 26.9. The molecule has 0 fully saturated rings. The van der Waals surface area contributed by atoms with Gasteiger partial charge in [-0.25, -0.2) is 9.13 Å². The Morgan fingerprint density at radius 1 is 0.641 bits per heavy atom. The topological polar surface area (TPSA) is 17.6 Å². The molecular weight excluding hydrogens is 476 g/mol. The van der Waals surface area contributed by atoms with E-state index in [0.717, 1.165) is 0 Å². The molecule has 0 saturated carbocycles. The van der Waals surface area contributed by atoms with Crippen LogP contribution in [-0.4, -0.2) is 9.13 Å². The molecule has 0 saturated heterocycles. The van der Waals surface area contributed by atoms with Crippen LogP contribution in [0.3, 0.4) is 0 Å². The largest absolute Gasteiger partial charge is 0.249 e. The lowest BCUT2D eigenvalue weighted by Gasteiger charge is -2.23. The van der Waals surface area contributed by atoms with Gasteiger partial charge >= 0.3 is 0 Å². The summed E-state index contributed by atoms with van der Waals surface area (Å²) in [7, 11) is 4.25. The molecule has 3 aromatic carbocycles. The Bertz CT molecular complexity index is 1650. The fourth-order valence-electron chi connectivity index (χ4n) is 5.81. The number of benzene rings is 3. The first-order valence-electron chi connectivity index (χ1n) is 14.3. The van der Waals surface area contributed by atoms with Crippen molar-refractivity contribution < 1.29 is 9.13 Å². The molecule has 0 unspecified atom stereocenters. The lowest BCUT2D eigenvalue weighted by molar-refractivity contribution is -0.676. The van der Waals surface area contributed by atoms with Crippen molar-refractivity contribution in [2.75, 3.05) is 0 Å². The maximum atomic E-state index is 2.46. The van der Waals surface area contributed by atoms with Crippen molar-refractivity contribution >= 4 is 11.0 Å². The Hall–Kier alpha value is -3.66. The fourth-order valence-corrected chi connectivity index (χ4v) is 5.81. The van der Waals surface area contributed by atoms with Crippen molar-refractivity contribution in [3.05, 3.63) is 95.3 Å². The van der Waals surface area contributed by atoms with E-state index in [0.29, 0.717) is 17.8 Å². The number of hydrogen-bond acceptors (Lipinski definition) is 0. The molecule has 202 valence electrons. The van der Waals surface area contributed by atoms with Gasteiger partial charge < -0.3 is 0 Å². The van der Waals surface area contributed by atoms with Gasteiger partial charge in [0, 0.05) is 19.9 Å². The third-order valence-corrected chi connectivity index (χ3v) is 8.39. The summed E-state index contributed by atoms with van der Waals surface area (Å²) in [6.07, 6.45) is 4.41. The molecule has 4 nitrogen and oxygen atoms in total. The minimum atomic E-state index is 0.418. The Morgan fingerprint density at radius 3 is 1.74 bits per heavy atom. The molecule has 2 heterocycles. The van der Waals surface area contributed by atoms with Gasteiger partial charge in [0.15, 0.2) is 11.0 Å². The van der Waals surface area contributed by atoms with Crippen LogP contribution in [0.25, 0.3) is 33.5 Å². The molecule has 4 heteroatoms. The second kappa shape index (κ2) is 10.1. The molecule has 0 aliphatic rings. The number of aromatic nitrogens is 4. The summed E-state index contributed by atoms with van der Waals surface area (Å²) in [6.45, 7) is 18.3. The summed E-state index contributed by atoms with van der Waals surface area (Å²) < 4.78 is 9.09. The first-order valence-corrected chi connectivity index (χ1v) is 14.3. The average Bonchev–Trinajstić information content (AvgIpc) is 3.38. The van der Waals surface area contributed by atoms with Crippen molar-refractivity contribution in [1.82, 2.24) is 9.13 Å². The summed E-state index contributed by atoms with van der Waals surface area (Å²) in [6, 6.07) is 20.7. The second-order valence-corrected chi connectivity index (χ2v) is 12.1. The monoisotopic (exact) mass is 520 g/mol. The molecule has 2 aromatic heterocycles.